The molecule has 6 nitrogen and oxygen atoms in total. The van der Waals surface area contributed by atoms with Crippen LogP contribution < -0.4 is 5.32 Å². The van der Waals surface area contributed by atoms with E-state index < -0.39 is 0 Å². The fourth-order valence-electron chi connectivity index (χ4n) is 4.31. The van der Waals surface area contributed by atoms with E-state index in [1.54, 1.807) is 6.26 Å². The Labute approximate surface area is 161 Å². The molecule has 2 unspecified atom stereocenters. The van der Waals surface area contributed by atoms with Crippen molar-refractivity contribution in [2.24, 2.45) is 10.9 Å². The van der Waals surface area contributed by atoms with Gasteiger partial charge in [0.2, 0.25) is 0 Å². The first-order chi connectivity index (χ1) is 13.3. The Morgan fingerprint density at radius 1 is 1.33 bits per heavy atom. The number of guanidine groups is 1. The molecule has 2 aromatic rings. The average molecular weight is 370 g/mol. The molecule has 2 atom stereocenters. The van der Waals surface area contributed by atoms with Crippen LogP contribution in [0.5, 0.6) is 0 Å². The maximum Gasteiger partial charge on any atom is 0.194 e. The van der Waals surface area contributed by atoms with Gasteiger partial charge in [-0.25, -0.2) is 4.98 Å². The van der Waals surface area contributed by atoms with Crippen LogP contribution in [0.4, 0.5) is 0 Å². The number of aliphatic imine (C=N–C) groups is 1. The molecule has 6 heteroatoms. The van der Waals surface area contributed by atoms with Crippen molar-refractivity contribution in [3.8, 4) is 0 Å². The highest BCUT2D eigenvalue weighted by Crippen LogP contribution is 2.28. The molecule has 1 N–H and O–H groups in total. The van der Waals surface area contributed by atoms with E-state index in [0.717, 1.165) is 37.8 Å². The molecule has 0 aromatic carbocycles. The highest BCUT2D eigenvalue weighted by Gasteiger charge is 2.30. The lowest BCUT2D eigenvalue weighted by Gasteiger charge is -2.40. The topological polar surface area (TPSA) is 58.6 Å². The molecule has 2 fully saturated rings. The number of nitrogens with zero attached hydrogens (tertiary/aromatic N) is 4. The summed E-state index contributed by atoms with van der Waals surface area (Å²) in [6, 6.07) is 4.98. The summed E-state index contributed by atoms with van der Waals surface area (Å²) in [6.07, 6.45) is 14.8. The van der Waals surface area contributed by atoms with Crippen LogP contribution in [-0.4, -0.2) is 46.1 Å². The van der Waals surface area contributed by atoms with Crippen LogP contribution in [0.3, 0.4) is 0 Å². The van der Waals surface area contributed by atoms with Crippen molar-refractivity contribution < 1.29 is 4.42 Å². The van der Waals surface area contributed by atoms with Gasteiger partial charge in [-0.1, -0.05) is 19.8 Å². The number of likely N-dealkylation sites (tertiary alicyclic amines) is 1. The Bertz CT molecular complexity index is 703. The average Bonchev–Trinajstić information content (AvgIpc) is 3.45. The lowest BCUT2D eigenvalue weighted by Crippen LogP contribution is -2.51. The van der Waals surface area contributed by atoms with E-state index in [1.807, 2.05) is 24.7 Å². The maximum atomic E-state index is 5.46. The molecule has 1 saturated heterocycles. The van der Waals surface area contributed by atoms with Gasteiger partial charge in [0.1, 0.15) is 5.76 Å². The fourth-order valence-corrected chi connectivity index (χ4v) is 4.31. The minimum atomic E-state index is 0.446. The van der Waals surface area contributed by atoms with Gasteiger partial charge in [0.05, 0.1) is 18.6 Å². The van der Waals surface area contributed by atoms with Crippen LogP contribution >= 0.6 is 0 Å². The second-order valence-electron chi connectivity index (χ2n) is 7.95. The monoisotopic (exact) mass is 369 g/mol. The number of hydrogen-bond acceptors (Lipinski definition) is 3. The lowest BCUT2D eigenvalue weighted by molar-refractivity contribution is 0.187. The number of furan rings is 1. The second kappa shape index (κ2) is 8.63. The summed E-state index contributed by atoms with van der Waals surface area (Å²) in [4.78, 5) is 11.7. The summed E-state index contributed by atoms with van der Waals surface area (Å²) in [6.45, 7) is 5.15. The summed E-state index contributed by atoms with van der Waals surface area (Å²) in [7, 11) is 0. The van der Waals surface area contributed by atoms with E-state index in [2.05, 4.69) is 32.9 Å². The normalized spacial score (nSPS) is 24.5. The zero-order valence-corrected chi connectivity index (χ0v) is 16.3. The summed E-state index contributed by atoms with van der Waals surface area (Å²) in [5.41, 5.74) is 0. The third-order valence-corrected chi connectivity index (χ3v) is 6.01. The molecule has 4 rings (SSSR count). The minimum absolute atomic E-state index is 0.446. The number of piperidine rings is 1. The van der Waals surface area contributed by atoms with Gasteiger partial charge in [-0.05, 0) is 37.3 Å². The third kappa shape index (κ3) is 4.54. The largest absolute Gasteiger partial charge is 0.469 e. The van der Waals surface area contributed by atoms with Crippen LogP contribution in [0.2, 0.25) is 0 Å². The Morgan fingerprint density at radius 2 is 2.22 bits per heavy atom. The number of hydrogen-bond donors (Lipinski definition) is 1. The van der Waals surface area contributed by atoms with Crippen molar-refractivity contribution in [2.45, 2.75) is 57.5 Å². The predicted octanol–water partition coefficient (Wildman–Crippen LogP) is 3.49. The summed E-state index contributed by atoms with van der Waals surface area (Å²) in [5.74, 6) is 2.72. The van der Waals surface area contributed by atoms with Crippen LogP contribution in [-0.2, 0) is 6.42 Å². The van der Waals surface area contributed by atoms with Crippen molar-refractivity contribution in [1.29, 1.82) is 0 Å². The van der Waals surface area contributed by atoms with Crippen molar-refractivity contribution in [3.63, 3.8) is 0 Å². The van der Waals surface area contributed by atoms with Crippen LogP contribution in [0.1, 0.15) is 50.8 Å². The molecule has 0 radical (unpaired) electrons. The first-order valence-corrected chi connectivity index (χ1v) is 10.4. The smallest absolute Gasteiger partial charge is 0.194 e. The molecule has 1 aliphatic carbocycles. The van der Waals surface area contributed by atoms with Crippen molar-refractivity contribution in [2.75, 3.05) is 19.6 Å². The zero-order valence-electron chi connectivity index (χ0n) is 16.3. The van der Waals surface area contributed by atoms with Gasteiger partial charge < -0.3 is 19.2 Å². The van der Waals surface area contributed by atoms with Gasteiger partial charge in [0, 0.05) is 44.5 Å². The highest BCUT2D eigenvalue weighted by atomic mass is 16.3. The number of nitrogens with one attached hydrogen (secondary N) is 1. The third-order valence-electron chi connectivity index (χ3n) is 6.01. The molecule has 146 valence electrons. The van der Waals surface area contributed by atoms with Gasteiger partial charge in [-0.15, -0.1) is 0 Å². The predicted molar refractivity (Wildman–Crippen MR) is 107 cm³/mol. The Morgan fingerprint density at radius 3 is 2.96 bits per heavy atom. The summed E-state index contributed by atoms with van der Waals surface area (Å²) in [5, 5.41) is 3.77. The molecule has 0 bridgehead atoms. The molecule has 3 heterocycles. The van der Waals surface area contributed by atoms with Crippen molar-refractivity contribution in [1.82, 2.24) is 19.8 Å². The van der Waals surface area contributed by atoms with E-state index in [0.29, 0.717) is 18.0 Å². The van der Waals surface area contributed by atoms with Gasteiger partial charge in [0.15, 0.2) is 5.96 Å². The standard InChI is InChI=1S/C21H31N5O/c1-17-9-12-25(15-20(17)26-13-11-22-16-26)21(24-18-5-2-3-6-18)23-10-8-19-7-4-14-27-19/h4,7,11,13-14,16-18,20H,2-3,5-6,8-10,12,15H2,1H3,(H,23,24). The molecule has 1 aliphatic heterocycles. The quantitative estimate of drug-likeness (QED) is 0.647. The minimum Gasteiger partial charge on any atom is -0.469 e. The molecule has 2 aliphatic rings. The summed E-state index contributed by atoms with van der Waals surface area (Å²) >= 11 is 0. The SMILES string of the molecule is CC1CCN(C(=NCCc2ccco2)NC2CCCC2)CC1n1ccnc1. The molecular weight excluding hydrogens is 338 g/mol. The zero-order chi connectivity index (χ0) is 18.5. The van der Waals surface area contributed by atoms with Gasteiger partial charge in [-0.3, -0.25) is 4.99 Å². The van der Waals surface area contributed by atoms with Gasteiger partial charge >= 0.3 is 0 Å². The Hall–Kier alpha value is -2.24. The number of aromatic nitrogens is 2. The summed E-state index contributed by atoms with van der Waals surface area (Å²) < 4.78 is 7.72. The van der Waals surface area contributed by atoms with Gasteiger partial charge in [-0.2, -0.15) is 0 Å². The van der Waals surface area contributed by atoms with E-state index >= 15 is 0 Å². The van der Waals surface area contributed by atoms with Gasteiger partial charge in [0.25, 0.3) is 0 Å². The van der Waals surface area contributed by atoms with E-state index in [9.17, 15) is 0 Å². The van der Waals surface area contributed by atoms with E-state index in [1.165, 1.54) is 32.1 Å². The Kier molecular flexibility index (Phi) is 5.80. The van der Waals surface area contributed by atoms with Crippen LogP contribution in [0, 0.1) is 5.92 Å². The highest BCUT2D eigenvalue weighted by molar-refractivity contribution is 5.80. The van der Waals surface area contributed by atoms with Crippen molar-refractivity contribution >= 4 is 5.96 Å². The number of rotatable bonds is 5. The molecular formula is C21H31N5O. The molecule has 2 aromatic heterocycles. The first kappa shape index (κ1) is 18.1. The second-order valence-corrected chi connectivity index (χ2v) is 7.95. The first-order valence-electron chi connectivity index (χ1n) is 10.4. The Balaban J connectivity index is 1.46. The van der Waals surface area contributed by atoms with E-state index in [-0.39, 0.29) is 0 Å². The lowest BCUT2D eigenvalue weighted by atomic mass is 9.93. The van der Waals surface area contributed by atoms with E-state index in [4.69, 9.17) is 9.41 Å². The fraction of sp³-hybridized carbons (Fsp3) is 0.619. The maximum absolute atomic E-state index is 5.46. The van der Waals surface area contributed by atoms with Crippen LogP contribution in [0.15, 0.2) is 46.5 Å². The van der Waals surface area contributed by atoms with Crippen molar-refractivity contribution in [3.05, 3.63) is 42.9 Å². The number of imidazole rings is 1. The van der Waals surface area contributed by atoms with Crippen LogP contribution in [0.25, 0.3) is 0 Å². The molecule has 27 heavy (non-hydrogen) atoms. The molecule has 0 spiro atoms. The molecule has 0 amide bonds. The molecule has 1 saturated carbocycles.